The van der Waals surface area contributed by atoms with E-state index in [-0.39, 0.29) is 11.6 Å². The number of alkyl halides is 3. The molecule has 0 saturated carbocycles. The molecule has 0 aliphatic heterocycles. The Hall–Kier alpha value is -2.14. The first kappa shape index (κ1) is 19.9. The standard InChI is InChI=1S/C9H14N2O4.C2HF3O2/c1-4(12)6(10)8-11-7(5(2)15-8)9(13)14-3;3-2(4,5)1(6)7/h4,6,12H,10H2,1-3H3;(H,6,7)/t4-,6+;/m1./s1. The number of carboxylic acid groups (broad SMARTS) is 1. The molecular weight excluding hydrogens is 313 g/mol. The smallest absolute Gasteiger partial charge is 0.430 e. The van der Waals surface area contributed by atoms with Gasteiger partial charge in [0.1, 0.15) is 17.8 Å². The number of aromatic nitrogens is 1. The summed E-state index contributed by atoms with van der Waals surface area (Å²) < 4.78 is 41.3. The third-order valence-electron chi connectivity index (χ3n) is 2.32. The van der Waals surface area contributed by atoms with Gasteiger partial charge in [0.25, 0.3) is 5.89 Å². The number of carbonyl (C=O) groups is 2. The second kappa shape index (κ2) is 7.75. The van der Waals surface area contributed by atoms with Gasteiger partial charge in [0.2, 0.25) is 0 Å². The van der Waals surface area contributed by atoms with E-state index < -0.39 is 30.3 Å². The molecule has 0 aliphatic rings. The van der Waals surface area contributed by atoms with Crippen molar-refractivity contribution in [3.8, 4) is 0 Å². The number of methoxy groups -OCH3 is 1. The summed E-state index contributed by atoms with van der Waals surface area (Å²) in [6.07, 6.45) is -5.88. The lowest BCUT2D eigenvalue weighted by molar-refractivity contribution is -0.448. The zero-order chi connectivity index (χ0) is 17.7. The Morgan fingerprint density at radius 1 is 1.45 bits per heavy atom. The Kier molecular flexibility index (Phi) is 7.00. The number of oxazole rings is 1. The van der Waals surface area contributed by atoms with Gasteiger partial charge >= 0.3 is 12.1 Å². The number of aryl methyl sites for hydroxylation is 1. The van der Waals surface area contributed by atoms with Crippen LogP contribution in [0.2, 0.25) is 0 Å². The molecule has 0 amide bonds. The SMILES string of the molecule is COC(=O)c1nc([C@@H]([NH3+])[C@@H](C)O)oc1C.O=C([O-])C(F)(F)F. The summed E-state index contributed by atoms with van der Waals surface area (Å²) in [5.74, 6) is -2.96. The molecule has 4 N–H and O–H groups in total. The fourth-order valence-corrected chi connectivity index (χ4v) is 1.07. The normalized spacial score (nSPS) is 13.6. The van der Waals surface area contributed by atoms with Crippen molar-refractivity contribution in [3.63, 3.8) is 0 Å². The maximum absolute atomic E-state index is 11.2. The van der Waals surface area contributed by atoms with E-state index in [1.165, 1.54) is 7.11 Å². The van der Waals surface area contributed by atoms with Crippen molar-refractivity contribution in [2.75, 3.05) is 7.11 Å². The molecule has 0 aromatic carbocycles. The lowest BCUT2D eigenvalue weighted by atomic mass is 10.2. The van der Waals surface area contributed by atoms with Gasteiger partial charge in [0, 0.05) is 0 Å². The number of nitrogens with zero attached hydrogens (tertiary/aromatic N) is 1. The van der Waals surface area contributed by atoms with Gasteiger partial charge < -0.3 is 29.9 Å². The minimum atomic E-state index is -5.19. The van der Waals surface area contributed by atoms with Crippen molar-refractivity contribution >= 4 is 11.9 Å². The predicted molar refractivity (Wildman–Crippen MR) is 61.0 cm³/mol. The molecule has 0 fully saturated rings. The van der Waals surface area contributed by atoms with Gasteiger partial charge in [-0.1, -0.05) is 0 Å². The first-order valence-corrected chi connectivity index (χ1v) is 5.76. The highest BCUT2D eigenvalue weighted by molar-refractivity contribution is 5.88. The molecule has 22 heavy (non-hydrogen) atoms. The van der Waals surface area contributed by atoms with Crippen molar-refractivity contribution in [2.24, 2.45) is 0 Å². The van der Waals surface area contributed by atoms with Crippen LogP contribution in [-0.4, -0.2) is 41.4 Å². The summed E-state index contributed by atoms with van der Waals surface area (Å²) in [5, 5.41) is 18.1. The summed E-state index contributed by atoms with van der Waals surface area (Å²) >= 11 is 0. The Labute approximate surface area is 122 Å². The van der Waals surface area contributed by atoms with E-state index in [9.17, 15) is 23.1 Å². The quantitative estimate of drug-likeness (QED) is 0.659. The monoisotopic (exact) mass is 328 g/mol. The average Bonchev–Trinajstić information content (AvgIpc) is 2.78. The van der Waals surface area contributed by atoms with Crippen LogP contribution in [0.5, 0.6) is 0 Å². The second-order valence-electron chi connectivity index (χ2n) is 4.08. The minimum absolute atomic E-state index is 0.127. The first-order chi connectivity index (χ1) is 9.91. The Morgan fingerprint density at radius 3 is 2.23 bits per heavy atom. The Bertz CT molecular complexity index is 526. The van der Waals surface area contributed by atoms with E-state index in [4.69, 9.17) is 14.3 Å². The zero-order valence-electron chi connectivity index (χ0n) is 11.9. The number of hydrogen-bond acceptors (Lipinski definition) is 7. The van der Waals surface area contributed by atoms with Crippen LogP contribution < -0.4 is 10.8 Å². The number of aliphatic carboxylic acids is 1. The number of halogens is 3. The molecule has 0 unspecified atom stereocenters. The van der Waals surface area contributed by atoms with E-state index in [0.29, 0.717) is 5.76 Å². The molecular formula is C11H15F3N2O6. The summed E-state index contributed by atoms with van der Waals surface area (Å²) in [6.45, 7) is 3.19. The molecule has 0 saturated heterocycles. The first-order valence-electron chi connectivity index (χ1n) is 5.76. The highest BCUT2D eigenvalue weighted by atomic mass is 19.4. The lowest BCUT2D eigenvalue weighted by Crippen LogP contribution is -2.58. The molecule has 11 heteroatoms. The zero-order valence-corrected chi connectivity index (χ0v) is 11.9. The number of carboxylic acids is 1. The van der Waals surface area contributed by atoms with Crippen LogP contribution in [-0.2, 0) is 9.53 Å². The molecule has 8 nitrogen and oxygen atoms in total. The summed E-state index contributed by atoms with van der Waals surface area (Å²) in [6, 6.07) is -0.498. The van der Waals surface area contributed by atoms with Crippen molar-refractivity contribution < 1.29 is 47.9 Å². The fourth-order valence-electron chi connectivity index (χ4n) is 1.07. The number of ether oxygens (including phenoxy) is 1. The van der Waals surface area contributed by atoms with Gasteiger partial charge in [-0.25, -0.2) is 9.78 Å². The summed E-state index contributed by atoms with van der Waals surface area (Å²) in [5.41, 5.74) is 3.82. The second-order valence-corrected chi connectivity index (χ2v) is 4.08. The van der Waals surface area contributed by atoms with E-state index in [2.05, 4.69) is 15.5 Å². The third-order valence-corrected chi connectivity index (χ3v) is 2.32. The Balaban J connectivity index is 0.000000534. The maximum atomic E-state index is 11.2. The predicted octanol–water partition coefficient (Wildman–Crippen LogP) is -1.27. The number of carbonyl (C=O) groups excluding carboxylic acids is 2. The molecule has 0 spiro atoms. The molecule has 0 bridgehead atoms. The van der Waals surface area contributed by atoms with Crippen molar-refractivity contribution in [3.05, 3.63) is 17.3 Å². The number of rotatable bonds is 3. The lowest BCUT2D eigenvalue weighted by Gasteiger charge is -2.05. The summed E-state index contributed by atoms with van der Waals surface area (Å²) in [4.78, 5) is 23.9. The van der Waals surface area contributed by atoms with E-state index in [1.54, 1.807) is 13.8 Å². The van der Waals surface area contributed by atoms with Crippen LogP contribution in [0, 0.1) is 6.92 Å². The van der Waals surface area contributed by atoms with Crippen molar-refractivity contribution in [2.45, 2.75) is 32.2 Å². The van der Waals surface area contributed by atoms with E-state index in [1.807, 2.05) is 0 Å². The van der Waals surface area contributed by atoms with Gasteiger partial charge in [0.15, 0.2) is 11.7 Å². The minimum Gasteiger partial charge on any atom is -0.542 e. The van der Waals surface area contributed by atoms with Gasteiger partial charge in [-0.15, -0.1) is 0 Å². The maximum Gasteiger partial charge on any atom is 0.430 e. The number of hydrogen-bond donors (Lipinski definition) is 2. The molecule has 1 heterocycles. The van der Waals surface area contributed by atoms with Gasteiger partial charge in [-0.05, 0) is 13.8 Å². The van der Waals surface area contributed by atoms with Crippen molar-refractivity contribution in [1.82, 2.24) is 4.98 Å². The molecule has 1 aromatic heterocycles. The number of esters is 1. The number of aliphatic hydroxyl groups excluding tert-OH is 1. The molecule has 126 valence electrons. The highest BCUT2D eigenvalue weighted by Gasteiger charge is 2.29. The van der Waals surface area contributed by atoms with Crippen LogP contribution >= 0.6 is 0 Å². The van der Waals surface area contributed by atoms with Crippen molar-refractivity contribution in [1.29, 1.82) is 0 Å². The van der Waals surface area contributed by atoms with Crippen LogP contribution in [0.15, 0.2) is 4.42 Å². The summed E-state index contributed by atoms with van der Waals surface area (Å²) in [7, 11) is 1.27. The van der Waals surface area contributed by atoms with Gasteiger partial charge in [-0.3, -0.25) is 0 Å². The largest absolute Gasteiger partial charge is 0.542 e. The molecule has 2 atom stereocenters. The molecule has 0 radical (unpaired) electrons. The van der Waals surface area contributed by atoms with Crippen LogP contribution in [0.25, 0.3) is 0 Å². The van der Waals surface area contributed by atoms with Crippen LogP contribution in [0.3, 0.4) is 0 Å². The fraction of sp³-hybridized carbons (Fsp3) is 0.545. The topological polar surface area (TPSA) is 140 Å². The number of quaternary nitrogens is 1. The van der Waals surface area contributed by atoms with E-state index in [0.717, 1.165) is 0 Å². The average molecular weight is 328 g/mol. The molecule has 1 aromatic rings. The van der Waals surface area contributed by atoms with Crippen LogP contribution in [0.4, 0.5) is 13.2 Å². The number of aliphatic hydroxyl groups is 1. The Morgan fingerprint density at radius 2 is 1.91 bits per heavy atom. The highest BCUT2D eigenvalue weighted by Crippen LogP contribution is 2.16. The third kappa shape index (κ3) is 5.69. The van der Waals surface area contributed by atoms with Crippen LogP contribution in [0.1, 0.15) is 35.1 Å². The van der Waals surface area contributed by atoms with E-state index >= 15 is 0 Å². The molecule has 1 rings (SSSR count). The molecule has 0 aliphatic carbocycles. The van der Waals surface area contributed by atoms with Gasteiger partial charge in [0.05, 0.1) is 7.11 Å². The van der Waals surface area contributed by atoms with Gasteiger partial charge in [-0.2, -0.15) is 13.2 Å².